The van der Waals surface area contributed by atoms with Crippen LogP contribution in [0.15, 0.2) is 21.5 Å². The number of nitrogens with one attached hydrogen (secondary N) is 1. The number of carboxylic acids is 1. The number of carboxylic acid groups (broad SMARTS) is 1. The molecule has 0 bridgehead atoms. The topological polar surface area (TPSA) is 66.4 Å². The van der Waals surface area contributed by atoms with Gasteiger partial charge in [-0.15, -0.1) is 11.8 Å². The van der Waals surface area contributed by atoms with Crippen LogP contribution in [0.4, 0.5) is 0 Å². The van der Waals surface area contributed by atoms with Crippen molar-refractivity contribution in [2.75, 3.05) is 5.75 Å². The van der Waals surface area contributed by atoms with Gasteiger partial charge in [-0.1, -0.05) is 29.3 Å². The number of aliphatic carboxylic acids is 1. The van der Waals surface area contributed by atoms with Crippen LogP contribution in [0.5, 0.6) is 0 Å². The van der Waals surface area contributed by atoms with Crippen molar-refractivity contribution in [3.8, 4) is 0 Å². The molecule has 0 radical (unpaired) electrons. The molecule has 1 atom stereocenters. The van der Waals surface area contributed by atoms with E-state index in [0.29, 0.717) is 6.42 Å². The molecule has 4 nitrogen and oxygen atoms in total. The van der Waals surface area contributed by atoms with Crippen molar-refractivity contribution in [3.63, 3.8) is 0 Å². The molecule has 1 aromatic carbocycles. The highest BCUT2D eigenvalue weighted by molar-refractivity contribution is 9.10. The van der Waals surface area contributed by atoms with E-state index in [4.69, 9.17) is 5.11 Å². The number of carbonyl (C=O) groups excluding carboxylic acids is 1. The summed E-state index contributed by atoms with van der Waals surface area (Å²) in [5, 5.41) is 11.6. The lowest BCUT2D eigenvalue weighted by molar-refractivity contribution is -0.141. The Labute approximate surface area is 137 Å². The first-order valence-electron chi connectivity index (χ1n) is 6.76. The number of halogens is 1. The van der Waals surface area contributed by atoms with Gasteiger partial charge in [0.15, 0.2) is 0 Å². The van der Waals surface area contributed by atoms with Crippen LogP contribution in [0.25, 0.3) is 0 Å². The predicted octanol–water partition coefficient (Wildman–Crippen LogP) is 3.53. The van der Waals surface area contributed by atoms with Crippen LogP contribution in [-0.4, -0.2) is 28.8 Å². The molecule has 0 aliphatic carbocycles. The standard InChI is InChI=1S/C15H20BrNO3S/c1-4-5-12(15(19)20)17-14(18)8-21-13-7-9(2)11(16)6-10(13)3/h6-7,12H,4-5,8H2,1-3H3,(H,17,18)(H,19,20)/t12-/m1/s1. The largest absolute Gasteiger partial charge is 0.480 e. The lowest BCUT2D eigenvalue weighted by Crippen LogP contribution is -2.41. The molecule has 2 N–H and O–H groups in total. The van der Waals surface area contributed by atoms with Gasteiger partial charge in [-0.3, -0.25) is 4.79 Å². The van der Waals surface area contributed by atoms with Gasteiger partial charge in [-0.05, 0) is 43.5 Å². The fourth-order valence-electron chi connectivity index (χ4n) is 1.84. The van der Waals surface area contributed by atoms with Gasteiger partial charge in [0.05, 0.1) is 5.75 Å². The van der Waals surface area contributed by atoms with Crippen molar-refractivity contribution >= 4 is 39.6 Å². The lowest BCUT2D eigenvalue weighted by atomic mass is 10.2. The number of amides is 1. The quantitative estimate of drug-likeness (QED) is 0.717. The third-order valence-corrected chi connectivity index (χ3v) is 5.04. The Morgan fingerprint density at radius 2 is 2.00 bits per heavy atom. The van der Waals surface area contributed by atoms with E-state index in [0.717, 1.165) is 26.9 Å². The van der Waals surface area contributed by atoms with E-state index in [9.17, 15) is 9.59 Å². The van der Waals surface area contributed by atoms with Crippen molar-refractivity contribution in [1.82, 2.24) is 5.32 Å². The predicted molar refractivity (Wildman–Crippen MR) is 88.8 cm³/mol. The molecular formula is C15H20BrNO3S. The first-order chi connectivity index (χ1) is 9.85. The van der Waals surface area contributed by atoms with Gasteiger partial charge >= 0.3 is 5.97 Å². The molecule has 1 amide bonds. The van der Waals surface area contributed by atoms with Crippen LogP contribution in [-0.2, 0) is 9.59 Å². The fraction of sp³-hybridized carbons (Fsp3) is 0.467. The number of hydrogen-bond donors (Lipinski definition) is 2. The van der Waals surface area contributed by atoms with E-state index in [-0.39, 0.29) is 11.7 Å². The van der Waals surface area contributed by atoms with Crippen molar-refractivity contribution in [2.24, 2.45) is 0 Å². The van der Waals surface area contributed by atoms with E-state index in [1.807, 2.05) is 32.9 Å². The summed E-state index contributed by atoms with van der Waals surface area (Å²) in [4.78, 5) is 23.9. The highest BCUT2D eigenvalue weighted by atomic mass is 79.9. The summed E-state index contributed by atoms with van der Waals surface area (Å²) in [6.07, 6.45) is 1.16. The Balaban J connectivity index is 2.60. The molecule has 0 heterocycles. The molecule has 1 aromatic rings. The minimum atomic E-state index is -0.981. The van der Waals surface area contributed by atoms with E-state index in [1.165, 1.54) is 11.8 Å². The maximum absolute atomic E-state index is 11.9. The summed E-state index contributed by atoms with van der Waals surface area (Å²) in [5.74, 6) is -1.01. The Hall–Kier alpha value is -1.01. The SMILES string of the molecule is CCC[C@@H](NC(=O)CSc1cc(C)c(Br)cc1C)C(=O)O. The Morgan fingerprint density at radius 3 is 2.57 bits per heavy atom. The van der Waals surface area contributed by atoms with Crippen molar-refractivity contribution < 1.29 is 14.7 Å². The van der Waals surface area contributed by atoms with E-state index < -0.39 is 12.0 Å². The minimum Gasteiger partial charge on any atom is -0.480 e. The zero-order chi connectivity index (χ0) is 16.0. The monoisotopic (exact) mass is 373 g/mol. The van der Waals surface area contributed by atoms with Crippen LogP contribution in [0.2, 0.25) is 0 Å². The summed E-state index contributed by atoms with van der Waals surface area (Å²) in [7, 11) is 0. The smallest absolute Gasteiger partial charge is 0.326 e. The normalized spacial score (nSPS) is 12.0. The lowest BCUT2D eigenvalue weighted by Gasteiger charge is -2.14. The van der Waals surface area contributed by atoms with Crippen LogP contribution < -0.4 is 5.32 Å². The molecule has 0 saturated heterocycles. The highest BCUT2D eigenvalue weighted by Gasteiger charge is 2.18. The molecule has 6 heteroatoms. The van der Waals surface area contributed by atoms with Crippen molar-refractivity contribution in [1.29, 1.82) is 0 Å². The van der Waals surface area contributed by atoms with Gasteiger partial charge in [-0.2, -0.15) is 0 Å². The molecule has 21 heavy (non-hydrogen) atoms. The highest BCUT2D eigenvalue weighted by Crippen LogP contribution is 2.28. The van der Waals surface area contributed by atoms with E-state index in [1.54, 1.807) is 0 Å². The number of rotatable bonds is 7. The average Bonchev–Trinajstić information content (AvgIpc) is 2.40. The molecule has 0 unspecified atom stereocenters. The molecule has 1 rings (SSSR count). The maximum Gasteiger partial charge on any atom is 0.326 e. The number of hydrogen-bond acceptors (Lipinski definition) is 3. The number of thioether (sulfide) groups is 1. The van der Waals surface area contributed by atoms with Gasteiger partial charge in [-0.25, -0.2) is 4.79 Å². The minimum absolute atomic E-state index is 0.218. The fourth-order valence-corrected chi connectivity index (χ4v) is 3.21. The molecular weight excluding hydrogens is 354 g/mol. The Bertz CT molecular complexity index is 534. The third-order valence-electron chi connectivity index (χ3n) is 3.03. The number of benzene rings is 1. The summed E-state index contributed by atoms with van der Waals surface area (Å²) >= 11 is 4.90. The summed E-state index contributed by atoms with van der Waals surface area (Å²) in [6, 6.07) is 3.25. The summed E-state index contributed by atoms with van der Waals surface area (Å²) < 4.78 is 1.04. The van der Waals surface area contributed by atoms with Crippen LogP contribution in [0.1, 0.15) is 30.9 Å². The first kappa shape index (κ1) is 18.0. The van der Waals surface area contributed by atoms with E-state index >= 15 is 0 Å². The first-order valence-corrected chi connectivity index (χ1v) is 8.54. The maximum atomic E-state index is 11.9. The molecule has 0 aromatic heterocycles. The second-order valence-electron chi connectivity index (χ2n) is 4.90. The van der Waals surface area contributed by atoms with Gasteiger partial charge in [0, 0.05) is 9.37 Å². The zero-order valence-corrected chi connectivity index (χ0v) is 14.8. The molecule has 116 valence electrons. The van der Waals surface area contributed by atoms with Crippen LogP contribution in [0, 0.1) is 13.8 Å². The Kier molecular flexibility index (Phi) is 7.25. The third kappa shape index (κ3) is 5.71. The molecule has 0 spiro atoms. The summed E-state index contributed by atoms with van der Waals surface area (Å²) in [5.41, 5.74) is 2.20. The molecule has 0 aliphatic heterocycles. The molecule has 0 fully saturated rings. The summed E-state index contributed by atoms with van der Waals surface area (Å²) in [6.45, 7) is 5.88. The van der Waals surface area contributed by atoms with Crippen LogP contribution in [0.3, 0.4) is 0 Å². The van der Waals surface area contributed by atoms with Gasteiger partial charge in [0.2, 0.25) is 5.91 Å². The molecule has 0 aliphatic rings. The van der Waals surface area contributed by atoms with Gasteiger partial charge in [0.25, 0.3) is 0 Å². The zero-order valence-electron chi connectivity index (χ0n) is 12.4. The second kappa shape index (κ2) is 8.44. The van der Waals surface area contributed by atoms with Crippen molar-refractivity contribution in [3.05, 3.63) is 27.7 Å². The van der Waals surface area contributed by atoms with E-state index in [2.05, 4.69) is 21.2 Å². The average molecular weight is 374 g/mol. The molecule has 0 saturated carbocycles. The number of aryl methyl sites for hydroxylation is 2. The van der Waals surface area contributed by atoms with Crippen molar-refractivity contribution in [2.45, 2.75) is 44.6 Å². The van der Waals surface area contributed by atoms with Gasteiger partial charge < -0.3 is 10.4 Å². The second-order valence-corrected chi connectivity index (χ2v) is 6.77. The van der Waals surface area contributed by atoms with Gasteiger partial charge in [0.1, 0.15) is 6.04 Å². The van der Waals surface area contributed by atoms with Crippen LogP contribution >= 0.6 is 27.7 Å². The number of carbonyl (C=O) groups is 2. The Morgan fingerprint density at radius 1 is 1.33 bits per heavy atom.